The minimum atomic E-state index is 0.198. The molecule has 2 aliphatic heterocycles. The van der Waals surface area contributed by atoms with Crippen molar-refractivity contribution in [2.24, 2.45) is 7.05 Å². The van der Waals surface area contributed by atoms with Crippen molar-refractivity contribution < 1.29 is 9.53 Å². The van der Waals surface area contributed by atoms with Gasteiger partial charge in [-0.15, -0.1) is 0 Å². The standard InChI is InChI=1S/C17H27N5O2/c1-20-15(18-17(19-20)13-4-5-13)11-16(23)22-6-2-3-14(22)12-21-7-9-24-10-8-21/h13-14H,2-12H2,1H3/t14-/m0/s1. The van der Waals surface area contributed by atoms with Gasteiger partial charge >= 0.3 is 0 Å². The van der Waals surface area contributed by atoms with Crippen LogP contribution in [0.4, 0.5) is 0 Å². The molecule has 1 atom stereocenters. The van der Waals surface area contributed by atoms with Crippen LogP contribution in [0.1, 0.15) is 43.3 Å². The van der Waals surface area contributed by atoms with Crippen LogP contribution in [0.2, 0.25) is 0 Å². The predicted octanol–water partition coefficient (Wildman–Crippen LogP) is 0.558. The van der Waals surface area contributed by atoms with Crippen molar-refractivity contribution in [2.75, 3.05) is 39.4 Å². The van der Waals surface area contributed by atoms with Gasteiger partial charge in [-0.3, -0.25) is 14.4 Å². The average molecular weight is 333 g/mol. The van der Waals surface area contributed by atoms with Gasteiger partial charge in [0, 0.05) is 45.2 Å². The van der Waals surface area contributed by atoms with Crippen molar-refractivity contribution in [3.63, 3.8) is 0 Å². The Labute approximate surface area is 143 Å². The highest BCUT2D eigenvalue weighted by atomic mass is 16.5. The summed E-state index contributed by atoms with van der Waals surface area (Å²) in [7, 11) is 1.90. The van der Waals surface area contributed by atoms with Gasteiger partial charge in [0.25, 0.3) is 0 Å². The number of hydrogen-bond donors (Lipinski definition) is 0. The Morgan fingerprint density at radius 1 is 1.21 bits per heavy atom. The van der Waals surface area contributed by atoms with Gasteiger partial charge < -0.3 is 9.64 Å². The Bertz CT molecular complexity index is 592. The van der Waals surface area contributed by atoms with Crippen LogP contribution in [-0.2, 0) is 23.0 Å². The van der Waals surface area contributed by atoms with Crippen molar-refractivity contribution in [3.8, 4) is 0 Å². The Morgan fingerprint density at radius 2 is 2.00 bits per heavy atom. The number of hydrogen-bond acceptors (Lipinski definition) is 5. The molecule has 0 bridgehead atoms. The van der Waals surface area contributed by atoms with Crippen molar-refractivity contribution >= 4 is 5.91 Å². The number of nitrogens with zero attached hydrogens (tertiary/aromatic N) is 5. The van der Waals surface area contributed by atoms with E-state index >= 15 is 0 Å². The number of likely N-dealkylation sites (tertiary alicyclic amines) is 1. The van der Waals surface area contributed by atoms with E-state index in [1.165, 1.54) is 12.8 Å². The van der Waals surface area contributed by atoms with Crippen LogP contribution < -0.4 is 0 Å². The molecule has 132 valence electrons. The number of carbonyl (C=O) groups excluding carboxylic acids is 1. The summed E-state index contributed by atoms with van der Waals surface area (Å²) >= 11 is 0. The molecule has 1 aromatic heterocycles. The lowest BCUT2D eigenvalue weighted by molar-refractivity contribution is -0.132. The van der Waals surface area contributed by atoms with Crippen LogP contribution in [0, 0.1) is 0 Å². The van der Waals surface area contributed by atoms with E-state index in [-0.39, 0.29) is 5.91 Å². The van der Waals surface area contributed by atoms with Crippen LogP contribution in [0.5, 0.6) is 0 Å². The molecule has 3 heterocycles. The first-order valence-corrected chi connectivity index (χ1v) is 9.20. The maximum atomic E-state index is 12.8. The molecule has 1 saturated carbocycles. The molecule has 0 spiro atoms. The number of rotatable bonds is 5. The molecular weight excluding hydrogens is 306 g/mol. The van der Waals surface area contributed by atoms with Crippen LogP contribution in [0.3, 0.4) is 0 Å². The van der Waals surface area contributed by atoms with Crippen LogP contribution in [0.15, 0.2) is 0 Å². The zero-order chi connectivity index (χ0) is 16.5. The number of morpholine rings is 1. The number of carbonyl (C=O) groups is 1. The molecule has 0 N–H and O–H groups in total. The molecule has 4 rings (SSSR count). The van der Waals surface area contributed by atoms with Gasteiger partial charge in [-0.25, -0.2) is 4.98 Å². The number of aryl methyl sites for hydroxylation is 1. The maximum absolute atomic E-state index is 12.8. The average Bonchev–Trinajstić information content (AvgIpc) is 3.23. The monoisotopic (exact) mass is 333 g/mol. The van der Waals surface area contributed by atoms with Crippen LogP contribution in [0.25, 0.3) is 0 Å². The molecule has 2 saturated heterocycles. The minimum Gasteiger partial charge on any atom is -0.379 e. The molecule has 1 aliphatic carbocycles. The smallest absolute Gasteiger partial charge is 0.230 e. The summed E-state index contributed by atoms with van der Waals surface area (Å²) in [6.45, 7) is 5.43. The number of amides is 1. The van der Waals surface area contributed by atoms with Crippen molar-refractivity contribution in [3.05, 3.63) is 11.6 Å². The van der Waals surface area contributed by atoms with Gasteiger partial charge in [-0.1, -0.05) is 0 Å². The Morgan fingerprint density at radius 3 is 2.75 bits per heavy atom. The zero-order valence-electron chi connectivity index (χ0n) is 14.5. The van der Waals surface area contributed by atoms with Crippen molar-refractivity contribution in [1.82, 2.24) is 24.6 Å². The van der Waals surface area contributed by atoms with E-state index in [2.05, 4.69) is 19.9 Å². The van der Waals surface area contributed by atoms with Gasteiger partial charge in [-0.2, -0.15) is 5.10 Å². The Balaban J connectivity index is 1.37. The molecule has 7 heteroatoms. The van der Waals surface area contributed by atoms with E-state index in [1.807, 2.05) is 7.05 Å². The van der Waals surface area contributed by atoms with Crippen molar-refractivity contribution in [1.29, 1.82) is 0 Å². The highest BCUT2D eigenvalue weighted by Gasteiger charge is 2.32. The predicted molar refractivity (Wildman–Crippen MR) is 88.7 cm³/mol. The van der Waals surface area contributed by atoms with Gasteiger partial charge in [0.05, 0.1) is 19.6 Å². The summed E-state index contributed by atoms with van der Waals surface area (Å²) in [6.07, 6.45) is 4.95. The second kappa shape index (κ2) is 6.80. The van der Waals surface area contributed by atoms with E-state index in [1.54, 1.807) is 4.68 Å². The SMILES string of the molecule is Cn1nc(C2CC2)nc1CC(=O)N1CCC[C@H]1CN1CCOCC1. The molecule has 24 heavy (non-hydrogen) atoms. The third kappa shape index (κ3) is 3.47. The second-order valence-electron chi connectivity index (χ2n) is 7.26. The maximum Gasteiger partial charge on any atom is 0.230 e. The number of aromatic nitrogens is 3. The fourth-order valence-corrected chi connectivity index (χ4v) is 3.78. The largest absolute Gasteiger partial charge is 0.379 e. The summed E-state index contributed by atoms with van der Waals surface area (Å²) in [6, 6.07) is 0.340. The number of ether oxygens (including phenoxy) is 1. The van der Waals surface area contributed by atoms with E-state index in [4.69, 9.17) is 4.74 Å². The first-order chi connectivity index (χ1) is 11.7. The summed E-state index contributed by atoms with van der Waals surface area (Å²) < 4.78 is 7.21. The molecule has 3 fully saturated rings. The first kappa shape index (κ1) is 16.0. The van der Waals surface area contributed by atoms with E-state index < -0.39 is 0 Å². The van der Waals surface area contributed by atoms with E-state index in [0.717, 1.165) is 63.9 Å². The zero-order valence-corrected chi connectivity index (χ0v) is 14.5. The van der Waals surface area contributed by atoms with Crippen molar-refractivity contribution in [2.45, 2.75) is 44.1 Å². The minimum absolute atomic E-state index is 0.198. The van der Waals surface area contributed by atoms with Crippen LogP contribution >= 0.6 is 0 Å². The van der Waals surface area contributed by atoms with E-state index in [9.17, 15) is 4.79 Å². The highest BCUT2D eigenvalue weighted by Crippen LogP contribution is 2.38. The lowest BCUT2D eigenvalue weighted by Crippen LogP contribution is -2.47. The van der Waals surface area contributed by atoms with Gasteiger partial charge in [0.15, 0.2) is 5.82 Å². The highest BCUT2D eigenvalue weighted by molar-refractivity contribution is 5.78. The molecule has 0 radical (unpaired) electrons. The molecule has 0 unspecified atom stereocenters. The third-order valence-corrected chi connectivity index (χ3v) is 5.39. The molecule has 3 aliphatic rings. The normalized spacial score (nSPS) is 25.4. The fourth-order valence-electron chi connectivity index (χ4n) is 3.78. The Hall–Kier alpha value is -1.47. The van der Waals surface area contributed by atoms with Gasteiger partial charge in [0.2, 0.25) is 5.91 Å². The molecule has 0 aromatic carbocycles. The second-order valence-corrected chi connectivity index (χ2v) is 7.26. The van der Waals surface area contributed by atoms with Gasteiger partial charge in [-0.05, 0) is 25.7 Å². The summed E-state index contributed by atoms with van der Waals surface area (Å²) in [4.78, 5) is 21.9. The summed E-state index contributed by atoms with van der Waals surface area (Å²) in [5.74, 6) is 2.45. The summed E-state index contributed by atoms with van der Waals surface area (Å²) in [5, 5.41) is 4.48. The molecular formula is C17H27N5O2. The topological polar surface area (TPSA) is 63.5 Å². The molecule has 7 nitrogen and oxygen atoms in total. The Kier molecular flexibility index (Phi) is 4.54. The lowest BCUT2D eigenvalue weighted by Gasteiger charge is -2.32. The summed E-state index contributed by atoms with van der Waals surface area (Å²) in [5.41, 5.74) is 0. The third-order valence-electron chi connectivity index (χ3n) is 5.39. The fraction of sp³-hybridized carbons (Fsp3) is 0.824. The van der Waals surface area contributed by atoms with Crippen LogP contribution in [-0.4, -0.2) is 75.9 Å². The quantitative estimate of drug-likeness (QED) is 0.788. The molecule has 1 amide bonds. The first-order valence-electron chi connectivity index (χ1n) is 9.20. The molecule has 1 aromatic rings. The lowest BCUT2D eigenvalue weighted by atomic mass is 10.2. The van der Waals surface area contributed by atoms with E-state index in [0.29, 0.717) is 18.4 Å². The van der Waals surface area contributed by atoms with Gasteiger partial charge in [0.1, 0.15) is 5.82 Å².